The van der Waals surface area contributed by atoms with Gasteiger partial charge in [-0.1, -0.05) is 95.9 Å². The summed E-state index contributed by atoms with van der Waals surface area (Å²) in [6, 6.07) is 4.89. The van der Waals surface area contributed by atoms with Crippen LogP contribution in [0.1, 0.15) is 107 Å². The number of thioether (sulfide) groups is 1. The predicted octanol–water partition coefficient (Wildman–Crippen LogP) is 6.65. The fourth-order valence-corrected chi connectivity index (χ4v) is 3.85. The van der Waals surface area contributed by atoms with Crippen LogP contribution in [-0.2, 0) is 4.74 Å². The largest absolute Gasteiger partial charge is 0.506 e. The minimum absolute atomic E-state index is 0.134. The molecule has 180 valence electrons. The van der Waals surface area contributed by atoms with Gasteiger partial charge >= 0.3 is 5.97 Å². The van der Waals surface area contributed by atoms with Gasteiger partial charge in [0, 0.05) is 11.3 Å². The molecular formula is C25H41N3O3S. The molecule has 0 radical (unpaired) electrons. The second-order valence-electron chi connectivity index (χ2n) is 7.95. The number of hydrogen-bond donors (Lipinski definition) is 2. The molecule has 0 saturated heterocycles. The Hall–Kier alpha value is -2.02. The van der Waals surface area contributed by atoms with Crippen molar-refractivity contribution < 1.29 is 14.6 Å². The molecule has 6 nitrogen and oxygen atoms in total. The summed E-state index contributed by atoms with van der Waals surface area (Å²) in [7, 11) is 0. The Labute approximate surface area is 198 Å². The van der Waals surface area contributed by atoms with Crippen LogP contribution in [0.25, 0.3) is 0 Å². The Kier molecular flexibility index (Phi) is 16.2. The normalized spacial score (nSPS) is 11.9. The van der Waals surface area contributed by atoms with Gasteiger partial charge in [0.15, 0.2) is 5.17 Å². The molecule has 0 heterocycles. The fourth-order valence-electron chi connectivity index (χ4n) is 3.19. The number of phenolic OH excluding ortho intramolecular Hbond substituents is 1. The van der Waals surface area contributed by atoms with Crippen LogP contribution in [0.5, 0.6) is 5.75 Å². The van der Waals surface area contributed by atoms with E-state index in [1.54, 1.807) is 18.2 Å². The molecule has 0 aliphatic heterocycles. The maximum atomic E-state index is 12.3. The number of aromatic hydroxyl groups is 1. The minimum atomic E-state index is -0.524. The van der Waals surface area contributed by atoms with E-state index < -0.39 is 5.97 Å². The zero-order valence-corrected chi connectivity index (χ0v) is 20.7. The maximum Gasteiger partial charge on any atom is 0.341 e. The van der Waals surface area contributed by atoms with Crippen LogP contribution in [0.3, 0.4) is 0 Å². The third-order valence-corrected chi connectivity index (χ3v) is 5.99. The van der Waals surface area contributed by atoms with Crippen molar-refractivity contribution in [1.29, 1.82) is 0 Å². The van der Waals surface area contributed by atoms with Crippen molar-refractivity contribution in [3.63, 3.8) is 0 Å². The Morgan fingerprint density at radius 3 is 2.31 bits per heavy atom. The van der Waals surface area contributed by atoms with Gasteiger partial charge in [-0.2, -0.15) is 5.10 Å². The summed E-state index contributed by atoms with van der Waals surface area (Å²) in [6.45, 7) is 4.76. The monoisotopic (exact) mass is 463 g/mol. The number of nitrogens with two attached hydrogens (primary N) is 1. The van der Waals surface area contributed by atoms with Crippen molar-refractivity contribution in [3.8, 4) is 5.75 Å². The number of hydrogen-bond acceptors (Lipinski definition) is 6. The van der Waals surface area contributed by atoms with E-state index in [0.29, 0.717) is 17.3 Å². The molecule has 0 aromatic heterocycles. The van der Waals surface area contributed by atoms with Crippen LogP contribution >= 0.6 is 11.8 Å². The number of benzene rings is 1. The lowest BCUT2D eigenvalue weighted by atomic mass is 10.1. The molecule has 1 rings (SSSR count). The summed E-state index contributed by atoms with van der Waals surface area (Å²) in [5.41, 5.74) is 6.42. The number of carbonyl (C=O) groups is 1. The molecule has 3 N–H and O–H groups in total. The summed E-state index contributed by atoms with van der Waals surface area (Å²) >= 11 is 1.48. The van der Waals surface area contributed by atoms with E-state index in [0.717, 1.165) is 31.4 Å². The molecule has 32 heavy (non-hydrogen) atoms. The molecule has 0 unspecified atom stereocenters. The van der Waals surface area contributed by atoms with E-state index in [4.69, 9.17) is 10.5 Å². The Morgan fingerprint density at radius 1 is 1.00 bits per heavy atom. The second-order valence-corrected chi connectivity index (χ2v) is 9.06. The number of para-hydroxylation sites is 1. The van der Waals surface area contributed by atoms with Crippen LogP contribution in [0.2, 0.25) is 0 Å². The molecule has 0 aliphatic rings. The zero-order valence-electron chi connectivity index (χ0n) is 19.9. The lowest BCUT2D eigenvalue weighted by Gasteiger charge is -2.08. The van der Waals surface area contributed by atoms with Crippen molar-refractivity contribution in [2.45, 2.75) is 90.9 Å². The SMILES string of the molecule is CCCCCCCCOC(=O)c1cccc(C=NN=C(N)SCCCCCCCC)c1O. The topological polar surface area (TPSA) is 97.3 Å². The number of esters is 1. The third kappa shape index (κ3) is 12.7. The molecule has 0 fully saturated rings. The Morgan fingerprint density at radius 2 is 1.62 bits per heavy atom. The van der Waals surface area contributed by atoms with Gasteiger partial charge in [0.2, 0.25) is 0 Å². The molecule has 1 aromatic carbocycles. The number of amidine groups is 1. The lowest BCUT2D eigenvalue weighted by Crippen LogP contribution is -2.08. The number of rotatable bonds is 17. The van der Waals surface area contributed by atoms with E-state index in [9.17, 15) is 9.90 Å². The van der Waals surface area contributed by atoms with Crippen molar-refractivity contribution in [3.05, 3.63) is 29.3 Å². The molecular weight excluding hydrogens is 422 g/mol. The van der Waals surface area contributed by atoms with Crippen LogP contribution in [0.15, 0.2) is 28.4 Å². The highest BCUT2D eigenvalue weighted by Crippen LogP contribution is 2.22. The van der Waals surface area contributed by atoms with Gasteiger partial charge in [-0.3, -0.25) is 0 Å². The summed E-state index contributed by atoms with van der Waals surface area (Å²) in [4.78, 5) is 12.3. The van der Waals surface area contributed by atoms with Crippen molar-refractivity contribution >= 4 is 29.1 Å². The summed E-state index contributed by atoms with van der Waals surface area (Å²) in [5, 5.41) is 18.7. The van der Waals surface area contributed by atoms with Crippen LogP contribution < -0.4 is 5.73 Å². The number of carbonyl (C=O) groups excluding carboxylic acids is 1. The van der Waals surface area contributed by atoms with Gasteiger partial charge in [-0.15, -0.1) is 5.10 Å². The first-order chi connectivity index (χ1) is 15.6. The first kappa shape index (κ1) is 28.0. The molecule has 0 spiro atoms. The van der Waals surface area contributed by atoms with Gasteiger partial charge in [-0.25, -0.2) is 4.79 Å². The van der Waals surface area contributed by atoms with E-state index in [2.05, 4.69) is 24.1 Å². The van der Waals surface area contributed by atoms with Crippen molar-refractivity contribution in [1.82, 2.24) is 0 Å². The molecule has 0 atom stereocenters. The number of ether oxygens (including phenoxy) is 1. The Bertz CT molecular complexity index is 708. The molecule has 0 amide bonds. The van der Waals surface area contributed by atoms with Crippen molar-refractivity contribution in [2.75, 3.05) is 12.4 Å². The molecule has 7 heteroatoms. The Balaban J connectivity index is 2.42. The molecule has 0 saturated carbocycles. The highest BCUT2D eigenvalue weighted by molar-refractivity contribution is 8.13. The van der Waals surface area contributed by atoms with E-state index in [-0.39, 0.29) is 11.3 Å². The molecule has 1 aromatic rings. The quantitative estimate of drug-likeness (QED) is 0.0886. The first-order valence-corrected chi connectivity index (χ1v) is 13.1. The number of nitrogens with zero attached hydrogens (tertiary/aromatic N) is 2. The van der Waals surface area contributed by atoms with Crippen LogP contribution in [-0.4, -0.2) is 34.8 Å². The lowest BCUT2D eigenvalue weighted by molar-refractivity contribution is 0.0494. The first-order valence-electron chi connectivity index (χ1n) is 12.1. The summed E-state index contributed by atoms with van der Waals surface area (Å²) < 4.78 is 5.30. The van der Waals surface area contributed by atoms with Gasteiger partial charge < -0.3 is 15.6 Å². The summed E-state index contributed by atoms with van der Waals surface area (Å²) in [6.07, 6.45) is 15.5. The van der Waals surface area contributed by atoms with Crippen molar-refractivity contribution in [2.24, 2.45) is 15.9 Å². The van der Waals surface area contributed by atoms with E-state index >= 15 is 0 Å². The average Bonchev–Trinajstić information content (AvgIpc) is 2.79. The van der Waals surface area contributed by atoms with Crippen LogP contribution in [0.4, 0.5) is 0 Å². The molecule has 0 bridgehead atoms. The number of phenols is 1. The minimum Gasteiger partial charge on any atom is -0.506 e. The van der Waals surface area contributed by atoms with Gasteiger partial charge in [0.05, 0.1) is 12.8 Å². The summed E-state index contributed by atoms with van der Waals surface area (Å²) in [5.74, 6) is 0.240. The van der Waals surface area contributed by atoms with E-state index in [1.807, 2.05) is 0 Å². The van der Waals surface area contributed by atoms with Gasteiger partial charge in [-0.05, 0) is 25.0 Å². The average molecular weight is 464 g/mol. The highest BCUT2D eigenvalue weighted by atomic mass is 32.2. The zero-order chi connectivity index (χ0) is 23.4. The molecule has 0 aliphatic carbocycles. The maximum absolute atomic E-state index is 12.3. The van der Waals surface area contributed by atoms with Gasteiger partial charge in [0.25, 0.3) is 0 Å². The predicted molar refractivity (Wildman–Crippen MR) is 137 cm³/mol. The van der Waals surface area contributed by atoms with Crippen LogP contribution in [0, 0.1) is 0 Å². The number of unbranched alkanes of at least 4 members (excludes halogenated alkanes) is 10. The highest BCUT2D eigenvalue weighted by Gasteiger charge is 2.14. The van der Waals surface area contributed by atoms with Gasteiger partial charge in [0.1, 0.15) is 11.3 Å². The van der Waals surface area contributed by atoms with E-state index in [1.165, 1.54) is 69.3 Å². The smallest absolute Gasteiger partial charge is 0.341 e. The fraction of sp³-hybridized carbons (Fsp3) is 0.640. The standard InChI is InChI=1S/C25H41N3O3S/c1-3-5-7-9-11-13-18-31-24(30)22-17-15-16-21(23(22)29)20-27-28-25(26)32-19-14-12-10-8-6-4-2/h15-17,20,29H,3-14,18-19H2,1-2H3,(H2,26,28). The third-order valence-electron chi connectivity index (χ3n) is 5.12. The second kappa shape index (κ2) is 18.5.